The standard InChI is InChI=1S/C15H12N4O2/c16-6-11-7-18-15(17)19-14(11)13-9-20-8-12(21-13)10-4-2-1-3-5-10/h1-2,4,7-9H,3,5H2,(H2,17,18,19). The lowest BCUT2D eigenvalue weighted by Gasteiger charge is -2.19. The van der Waals surface area contributed by atoms with Crippen LogP contribution in [0, 0.1) is 11.3 Å². The van der Waals surface area contributed by atoms with Crippen LogP contribution in [0.25, 0.3) is 5.76 Å². The van der Waals surface area contributed by atoms with Crippen molar-refractivity contribution >= 4 is 11.7 Å². The molecule has 1 aliphatic heterocycles. The van der Waals surface area contributed by atoms with Gasteiger partial charge in [-0.2, -0.15) is 5.26 Å². The number of aromatic nitrogens is 2. The zero-order chi connectivity index (χ0) is 14.7. The number of rotatable bonds is 2. The highest BCUT2D eigenvalue weighted by Crippen LogP contribution is 2.30. The second kappa shape index (κ2) is 5.51. The Balaban J connectivity index is 1.90. The van der Waals surface area contributed by atoms with Crippen LogP contribution >= 0.6 is 0 Å². The van der Waals surface area contributed by atoms with Gasteiger partial charge in [0, 0.05) is 0 Å². The van der Waals surface area contributed by atoms with Crippen molar-refractivity contribution in [3.63, 3.8) is 0 Å². The Morgan fingerprint density at radius 1 is 1.29 bits per heavy atom. The minimum absolute atomic E-state index is 0.0735. The van der Waals surface area contributed by atoms with E-state index in [-0.39, 0.29) is 11.5 Å². The zero-order valence-corrected chi connectivity index (χ0v) is 11.1. The maximum atomic E-state index is 9.13. The molecular formula is C15H12N4O2. The van der Waals surface area contributed by atoms with Crippen LogP contribution in [0.3, 0.4) is 0 Å². The van der Waals surface area contributed by atoms with Gasteiger partial charge >= 0.3 is 0 Å². The van der Waals surface area contributed by atoms with E-state index in [9.17, 15) is 0 Å². The van der Waals surface area contributed by atoms with Crippen molar-refractivity contribution in [2.24, 2.45) is 0 Å². The normalized spacial score (nSPS) is 16.8. The molecule has 0 unspecified atom stereocenters. The van der Waals surface area contributed by atoms with Gasteiger partial charge in [-0.1, -0.05) is 18.2 Å². The summed E-state index contributed by atoms with van der Waals surface area (Å²) in [5.74, 6) is 1.02. The molecule has 1 aromatic heterocycles. The van der Waals surface area contributed by atoms with Crippen LogP contribution in [0.2, 0.25) is 0 Å². The summed E-state index contributed by atoms with van der Waals surface area (Å²) in [6.45, 7) is 0. The third-order valence-corrected chi connectivity index (χ3v) is 3.06. The molecule has 104 valence electrons. The van der Waals surface area contributed by atoms with Gasteiger partial charge in [-0.3, -0.25) is 0 Å². The third-order valence-electron chi connectivity index (χ3n) is 3.06. The number of nitriles is 1. The van der Waals surface area contributed by atoms with Gasteiger partial charge in [-0.15, -0.1) is 0 Å². The maximum Gasteiger partial charge on any atom is 0.220 e. The fraction of sp³-hybridized carbons (Fsp3) is 0.133. The molecule has 0 aromatic carbocycles. The van der Waals surface area contributed by atoms with Crippen molar-refractivity contribution in [1.29, 1.82) is 5.26 Å². The Bertz CT molecular complexity index is 739. The highest BCUT2D eigenvalue weighted by atomic mass is 16.5. The predicted octanol–water partition coefficient (Wildman–Crippen LogP) is 2.39. The van der Waals surface area contributed by atoms with Gasteiger partial charge in [0.2, 0.25) is 5.95 Å². The molecule has 1 aromatic rings. The van der Waals surface area contributed by atoms with Crippen LogP contribution in [0.1, 0.15) is 24.1 Å². The summed E-state index contributed by atoms with van der Waals surface area (Å²) in [6.07, 6.45) is 12.2. The molecule has 0 saturated heterocycles. The predicted molar refractivity (Wildman–Crippen MR) is 75.8 cm³/mol. The van der Waals surface area contributed by atoms with E-state index in [2.05, 4.69) is 16.0 Å². The molecule has 0 radical (unpaired) electrons. The molecule has 2 N–H and O–H groups in total. The summed E-state index contributed by atoms with van der Waals surface area (Å²) in [7, 11) is 0. The third kappa shape index (κ3) is 2.62. The van der Waals surface area contributed by atoms with Crippen molar-refractivity contribution in [2.75, 3.05) is 5.73 Å². The second-order valence-corrected chi connectivity index (χ2v) is 4.46. The monoisotopic (exact) mass is 280 g/mol. The Morgan fingerprint density at radius 3 is 2.90 bits per heavy atom. The maximum absolute atomic E-state index is 9.13. The van der Waals surface area contributed by atoms with E-state index >= 15 is 0 Å². The molecule has 2 heterocycles. The van der Waals surface area contributed by atoms with Gasteiger partial charge in [-0.25, -0.2) is 9.97 Å². The summed E-state index contributed by atoms with van der Waals surface area (Å²) < 4.78 is 11.1. The van der Waals surface area contributed by atoms with E-state index in [1.807, 2.05) is 18.2 Å². The average molecular weight is 280 g/mol. The molecule has 0 spiro atoms. The molecule has 3 rings (SSSR count). The van der Waals surface area contributed by atoms with Crippen LogP contribution in [0.15, 0.2) is 48.3 Å². The molecule has 0 atom stereocenters. The van der Waals surface area contributed by atoms with Gasteiger partial charge in [0.05, 0.1) is 6.20 Å². The minimum atomic E-state index is 0.0735. The van der Waals surface area contributed by atoms with Crippen LogP contribution in [0.5, 0.6) is 0 Å². The van der Waals surface area contributed by atoms with E-state index in [0.717, 1.165) is 18.4 Å². The fourth-order valence-electron chi connectivity index (χ4n) is 2.04. The Kier molecular flexibility index (Phi) is 3.39. The first-order valence-corrected chi connectivity index (χ1v) is 6.40. The summed E-state index contributed by atoms with van der Waals surface area (Å²) in [6, 6.07) is 2.01. The Hall–Kier alpha value is -3.07. The van der Waals surface area contributed by atoms with Crippen molar-refractivity contribution in [3.05, 3.63) is 59.5 Å². The van der Waals surface area contributed by atoms with Crippen LogP contribution < -0.4 is 5.73 Å². The van der Waals surface area contributed by atoms with Crippen molar-refractivity contribution in [1.82, 2.24) is 9.97 Å². The summed E-state index contributed by atoms with van der Waals surface area (Å²) in [4.78, 5) is 7.86. The number of hydrogen-bond acceptors (Lipinski definition) is 6. The molecule has 6 nitrogen and oxygen atoms in total. The molecule has 1 aliphatic carbocycles. The van der Waals surface area contributed by atoms with Gasteiger partial charge in [0.15, 0.2) is 11.5 Å². The highest BCUT2D eigenvalue weighted by molar-refractivity contribution is 5.64. The first kappa shape index (κ1) is 12.9. The number of nitrogen functional groups attached to an aromatic ring is 1. The van der Waals surface area contributed by atoms with Crippen molar-refractivity contribution < 1.29 is 9.47 Å². The number of ether oxygens (including phenoxy) is 2. The number of nitrogens with two attached hydrogens (primary N) is 1. The number of hydrogen-bond donors (Lipinski definition) is 1. The van der Waals surface area contributed by atoms with Gasteiger partial charge in [0.1, 0.15) is 29.9 Å². The number of anilines is 1. The summed E-state index contributed by atoms with van der Waals surface area (Å²) in [5, 5.41) is 9.13. The lowest BCUT2D eigenvalue weighted by atomic mass is 10.0. The molecular weight excluding hydrogens is 268 g/mol. The molecule has 0 bridgehead atoms. The summed E-state index contributed by atoms with van der Waals surface area (Å²) >= 11 is 0. The van der Waals surface area contributed by atoms with Crippen LogP contribution in [-0.4, -0.2) is 9.97 Å². The second-order valence-electron chi connectivity index (χ2n) is 4.46. The fourth-order valence-corrected chi connectivity index (χ4v) is 2.04. The highest BCUT2D eigenvalue weighted by Gasteiger charge is 2.20. The Labute approximate surface area is 121 Å². The largest absolute Gasteiger partial charge is 0.465 e. The number of allylic oxidation sites excluding steroid dienone is 4. The van der Waals surface area contributed by atoms with E-state index in [0.29, 0.717) is 17.2 Å². The smallest absolute Gasteiger partial charge is 0.220 e. The number of nitrogens with zero attached hydrogens (tertiary/aromatic N) is 3. The van der Waals surface area contributed by atoms with E-state index in [4.69, 9.17) is 20.5 Å². The molecule has 0 amide bonds. The van der Waals surface area contributed by atoms with Gasteiger partial charge in [0.25, 0.3) is 0 Å². The molecule has 21 heavy (non-hydrogen) atoms. The SMILES string of the molecule is N#Cc1cnc(N)nc1C1=COC=C(C2=CC=CCC2)O1. The first-order valence-electron chi connectivity index (χ1n) is 6.40. The van der Waals surface area contributed by atoms with E-state index < -0.39 is 0 Å². The molecule has 0 fully saturated rings. The molecule has 2 aliphatic rings. The average Bonchev–Trinajstić information content (AvgIpc) is 2.56. The minimum Gasteiger partial charge on any atom is -0.465 e. The van der Waals surface area contributed by atoms with Crippen LogP contribution in [0.4, 0.5) is 5.95 Å². The summed E-state index contributed by atoms with van der Waals surface area (Å²) in [5.41, 5.74) is 7.20. The lowest BCUT2D eigenvalue weighted by molar-refractivity contribution is 0.284. The van der Waals surface area contributed by atoms with Crippen LogP contribution in [-0.2, 0) is 9.47 Å². The Morgan fingerprint density at radius 2 is 2.14 bits per heavy atom. The van der Waals surface area contributed by atoms with Gasteiger partial charge in [-0.05, 0) is 18.4 Å². The topological polar surface area (TPSA) is 94.1 Å². The quantitative estimate of drug-likeness (QED) is 0.893. The van der Waals surface area contributed by atoms with E-state index in [1.165, 1.54) is 18.7 Å². The van der Waals surface area contributed by atoms with Crippen molar-refractivity contribution in [2.45, 2.75) is 12.8 Å². The van der Waals surface area contributed by atoms with Gasteiger partial charge < -0.3 is 15.2 Å². The van der Waals surface area contributed by atoms with E-state index in [1.54, 1.807) is 0 Å². The van der Waals surface area contributed by atoms with Crippen molar-refractivity contribution in [3.8, 4) is 6.07 Å². The zero-order valence-electron chi connectivity index (χ0n) is 11.1. The molecule has 0 saturated carbocycles. The molecule has 6 heteroatoms. The first-order chi connectivity index (χ1) is 10.3. The lowest BCUT2D eigenvalue weighted by Crippen LogP contribution is -2.08.